The van der Waals surface area contributed by atoms with Crippen molar-refractivity contribution in [2.24, 2.45) is 11.8 Å². The third-order valence-electron chi connectivity index (χ3n) is 6.73. The van der Waals surface area contributed by atoms with E-state index in [0.717, 1.165) is 49.5 Å². The molecule has 0 spiro atoms. The Labute approximate surface area is 168 Å². The molecule has 3 heterocycles. The van der Waals surface area contributed by atoms with Crippen molar-refractivity contribution in [3.63, 3.8) is 0 Å². The van der Waals surface area contributed by atoms with Crippen LogP contribution in [0.25, 0.3) is 0 Å². The molecular weight excluding hydrogens is 387 g/mol. The lowest BCUT2D eigenvalue weighted by molar-refractivity contribution is -0.175. The molecular formula is C19H28F3N5O2. The van der Waals surface area contributed by atoms with Crippen LogP contribution in [0, 0.1) is 11.8 Å². The zero-order chi connectivity index (χ0) is 20.6. The predicted octanol–water partition coefficient (Wildman–Crippen LogP) is 3.01. The van der Waals surface area contributed by atoms with Gasteiger partial charge in [-0.15, -0.1) is 0 Å². The van der Waals surface area contributed by atoms with E-state index in [1.807, 2.05) is 4.90 Å². The number of alkyl halides is 3. The topological polar surface area (TPSA) is 72.3 Å². The average molecular weight is 415 g/mol. The van der Waals surface area contributed by atoms with Gasteiger partial charge in [-0.25, -0.2) is 4.68 Å². The maximum Gasteiger partial charge on any atom is 0.411 e. The molecule has 29 heavy (non-hydrogen) atoms. The molecule has 1 aliphatic carbocycles. The van der Waals surface area contributed by atoms with Crippen molar-refractivity contribution in [1.82, 2.24) is 19.7 Å². The van der Waals surface area contributed by atoms with Gasteiger partial charge < -0.3 is 15.0 Å². The molecule has 162 valence electrons. The second-order valence-electron chi connectivity index (χ2n) is 8.47. The summed E-state index contributed by atoms with van der Waals surface area (Å²) in [4.78, 5) is 18.8. The lowest BCUT2D eigenvalue weighted by Crippen LogP contribution is -2.50. The van der Waals surface area contributed by atoms with Crippen molar-refractivity contribution in [3.05, 3.63) is 6.33 Å². The molecule has 7 nitrogen and oxygen atoms in total. The SMILES string of the molecule is COC1CCC(C(=O)N2CCCC([C@@H]3C[C@H](C(F)(F)F)n4ncnc4N3)C2)CC1. The van der Waals surface area contributed by atoms with E-state index in [-0.39, 0.29) is 42.3 Å². The molecule has 2 fully saturated rings. The summed E-state index contributed by atoms with van der Waals surface area (Å²) in [6.07, 6.45) is 1.93. The molecule has 10 heteroatoms. The summed E-state index contributed by atoms with van der Waals surface area (Å²) in [6.45, 7) is 1.19. The Hall–Kier alpha value is -1.84. The number of fused-ring (bicyclic) bond motifs is 1. The predicted molar refractivity (Wildman–Crippen MR) is 99.2 cm³/mol. The van der Waals surface area contributed by atoms with E-state index < -0.39 is 12.2 Å². The largest absolute Gasteiger partial charge is 0.411 e. The van der Waals surface area contributed by atoms with E-state index in [2.05, 4.69) is 15.4 Å². The molecule has 3 atom stereocenters. The summed E-state index contributed by atoms with van der Waals surface area (Å²) in [6, 6.07) is -2.06. The van der Waals surface area contributed by atoms with Crippen LogP contribution in [0.2, 0.25) is 0 Å². The summed E-state index contributed by atoms with van der Waals surface area (Å²) in [5.41, 5.74) is 0. The molecule has 3 aliphatic rings. The summed E-state index contributed by atoms with van der Waals surface area (Å²) in [5, 5.41) is 6.89. The lowest BCUT2D eigenvalue weighted by Gasteiger charge is -2.42. The molecule has 0 radical (unpaired) electrons. The summed E-state index contributed by atoms with van der Waals surface area (Å²) >= 11 is 0. The quantitative estimate of drug-likeness (QED) is 0.822. The first kappa shape index (κ1) is 20.4. The molecule has 1 saturated carbocycles. The molecule has 0 aromatic carbocycles. The van der Waals surface area contributed by atoms with Gasteiger partial charge in [-0.1, -0.05) is 0 Å². The molecule has 1 unspecified atom stereocenters. The number of hydrogen-bond donors (Lipinski definition) is 1. The number of methoxy groups -OCH3 is 1. The van der Waals surface area contributed by atoms with E-state index in [4.69, 9.17) is 4.74 Å². The molecule has 2 aliphatic heterocycles. The number of hydrogen-bond acceptors (Lipinski definition) is 5. The first-order valence-electron chi connectivity index (χ1n) is 10.4. The molecule has 1 N–H and O–H groups in total. The van der Waals surface area contributed by atoms with Gasteiger partial charge in [0, 0.05) is 32.2 Å². The van der Waals surface area contributed by atoms with Crippen LogP contribution < -0.4 is 5.32 Å². The van der Waals surface area contributed by atoms with Gasteiger partial charge in [0.05, 0.1) is 6.10 Å². The van der Waals surface area contributed by atoms with Gasteiger partial charge in [0.1, 0.15) is 6.33 Å². The van der Waals surface area contributed by atoms with Crippen molar-refractivity contribution in [1.29, 1.82) is 0 Å². The summed E-state index contributed by atoms with van der Waals surface area (Å²) < 4.78 is 47.0. The number of nitrogens with zero attached hydrogens (tertiary/aromatic N) is 4. The first-order chi connectivity index (χ1) is 13.9. The van der Waals surface area contributed by atoms with Crippen LogP contribution in [0.1, 0.15) is 51.0 Å². The number of amides is 1. The van der Waals surface area contributed by atoms with Crippen molar-refractivity contribution in [2.45, 2.75) is 69.3 Å². The van der Waals surface area contributed by atoms with Crippen molar-refractivity contribution in [2.75, 3.05) is 25.5 Å². The third-order valence-corrected chi connectivity index (χ3v) is 6.73. The number of anilines is 1. The standard InChI is InChI=1S/C19H28F3N5O2/c1-29-14-6-4-12(5-7-14)17(28)26-8-2-3-13(10-26)15-9-16(19(20,21)22)27-18(25-15)23-11-24-27/h11-16H,2-10H2,1H3,(H,23,24,25)/t12?,13?,14?,15-,16+/m0/s1. The maximum absolute atomic E-state index is 13.6. The smallest absolute Gasteiger partial charge is 0.381 e. The molecule has 1 saturated heterocycles. The first-order valence-corrected chi connectivity index (χ1v) is 10.4. The van der Waals surface area contributed by atoms with E-state index in [1.54, 1.807) is 7.11 Å². The van der Waals surface area contributed by atoms with Gasteiger partial charge in [0.25, 0.3) is 0 Å². The molecule has 1 aromatic rings. The number of aromatic nitrogens is 3. The number of carbonyl (C=O) groups is 1. The van der Waals surface area contributed by atoms with E-state index in [1.165, 1.54) is 0 Å². The van der Waals surface area contributed by atoms with Crippen LogP contribution in [-0.4, -0.2) is 64.1 Å². The molecule has 1 amide bonds. The fourth-order valence-corrected chi connectivity index (χ4v) is 5.07. The second kappa shape index (κ2) is 8.12. The second-order valence-corrected chi connectivity index (χ2v) is 8.47. The highest BCUT2D eigenvalue weighted by Gasteiger charge is 2.48. The Morgan fingerprint density at radius 1 is 1.24 bits per heavy atom. The van der Waals surface area contributed by atoms with Crippen LogP contribution in [0.15, 0.2) is 6.33 Å². The summed E-state index contributed by atoms with van der Waals surface area (Å²) in [5.74, 6) is 0.282. The summed E-state index contributed by atoms with van der Waals surface area (Å²) in [7, 11) is 1.70. The fourth-order valence-electron chi connectivity index (χ4n) is 5.07. The Bertz CT molecular complexity index is 717. The lowest BCUT2D eigenvalue weighted by atomic mass is 9.83. The van der Waals surface area contributed by atoms with Crippen LogP contribution in [0.3, 0.4) is 0 Å². The van der Waals surface area contributed by atoms with Gasteiger partial charge in [0.15, 0.2) is 6.04 Å². The highest BCUT2D eigenvalue weighted by Crippen LogP contribution is 2.41. The number of likely N-dealkylation sites (tertiary alicyclic amines) is 1. The number of piperidine rings is 1. The van der Waals surface area contributed by atoms with E-state index in [9.17, 15) is 18.0 Å². The van der Waals surface area contributed by atoms with Gasteiger partial charge in [0.2, 0.25) is 11.9 Å². The minimum atomic E-state index is -4.38. The minimum Gasteiger partial charge on any atom is -0.381 e. The van der Waals surface area contributed by atoms with Gasteiger partial charge in [-0.2, -0.15) is 23.3 Å². The normalized spacial score (nSPS) is 33.1. The van der Waals surface area contributed by atoms with E-state index in [0.29, 0.717) is 13.1 Å². The van der Waals surface area contributed by atoms with Crippen LogP contribution >= 0.6 is 0 Å². The fraction of sp³-hybridized carbons (Fsp3) is 0.842. The van der Waals surface area contributed by atoms with Crippen LogP contribution in [0.5, 0.6) is 0 Å². The van der Waals surface area contributed by atoms with Crippen LogP contribution in [-0.2, 0) is 9.53 Å². The minimum absolute atomic E-state index is 0.00508. The number of halogens is 3. The highest BCUT2D eigenvalue weighted by molar-refractivity contribution is 5.79. The monoisotopic (exact) mass is 415 g/mol. The third kappa shape index (κ3) is 4.22. The number of ether oxygens (including phenoxy) is 1. The van der Waals surface area contributed by atoms with Crippen molar-refractivity contribution < 1.29 is 22.7 Å². The highest BCUT2D eigenvalue weighted by atomic mass is 19.4. The molecule has 4 rings (SSSR count). The van der Waals surface area contributed by atoms with Crippen molar-refractivity contribution >= 4 is 11.9 Å². The van der Waals surface area contributed by atoms with E-state index >= 15 is 0 Å². The van der Waals surface area contributed by atoms with Gasteiger partial charge in [-0.05, 0) is 50.9 Å². The number of nitrogens with one attached hydrogen (secondary N) is 1. The van der Waals surface area contributed by atoms with Gasteiger partial charge >= 0.3 is 6.18 Å². The zero-order valence-electron chi connectivity index (χ0n) is 16.6. The zero-order valence-corrected chi connectivity index (χ0v) is 16.6. The Kier molecular flexibility index (Phi) is 5.72. The molecule has 1 aromatic heterocycles. The molecule has 0 bridgehead atoms. The number of rotatable bonds is 3. The van der Waals surface area contributed by atoms with Gasteiger partial charge in [-0.3, -0.25) is 4.79 Å². The Balaban J connectivity index is 1.42. The Morgan fingerprint density at radius 3 is 2.69 bits per heavy atom. The Morgan fingerprint density at radius 2 is 2.00 bits per heavy atom. The average Bonchev–Trinajstić information content (AvgIpc) is 3.20. The number of carbonyl (C=O) groups excluding carboxylic acids is 1. The van der Waals surface area contributed by atoms with Crippen LogP contribution in [0.4, 0.5) is 19.1 Å². The maximum atomic E-state index is 13.6. The van der Waals surface area contributed by atoms with Crippen molar-refractivity contribution in [3.8, 4) is 0 Å².